The SMILES string of the molecule is Cc1cc(C)c(Cc2noc(C(N)=O)n2)c(C)c1. The molecule has 1 heterocycles. The predicted molar refractivity (Wildman–Crippen MR) is 66.3 cm³/mol. The van der Waals surface area contributed by atoms with Crippen molar-refractivity contribution in [3.05, 3.63) is 46.1 Å². The molecule has 0 aliphatic carbocycles. The van der Waals surface area contributed by atoms with Gasteiger partial charge in [-0.25, -0.2) is 0 Å². The first-order valence-electron chi connectivity index (χ1n) is 5.66. The quantitative estimate of drug-likeness (QED) is 0.891. The molecule has 5 nitrogen and oxygen atoms in total. The third-order valence-electron chi connectivity index (χ3n) is 2.85. The number of benzene rings is 1. The third kappa shape index (κ3) is 2.40. The van der Waals surface area contributed by atoms with Crippen molar-refractivity contribution in [3.63, 3.8) is 0 Å². The highest BCUT2D eigenvalue weighted by atomic mass is 16.5. The average molecular weight is 245 g/mol. The molecule has 0 aliphatic heterocycles. The largest absolute Gasteiger partial charge is 0.361 e. The summed E-state index contributed by atoms with van der Waals surface area (Å²) in [4.78, 5) is 14.8. The van der Waals surface area contributed by atoms with E-state index >= 15 is 0 Å². The standard InChI is InChI=1S/C13H15N3O2/c1-7-4-8(2)10(9(3)5-7)6-11-15-13(12(14)17)18-16-11/h4-5H,6H2,1-3H3,(H2,14,17). The molecule has 0 aliphatic rings. The van der Waals surface area contributed by atoms with Crippen LogP contribution < -0.4 is 5.73 Å². The van der Waals surface area contributed by atoms with E-state index < -0.39 is 5.91 Å². The summed E-state index contributed by atoms with van der Waals surface area (Å²) in [5.74, 6) is -0.377. The smallest absolute Gasteiger partial charge is 0.315 e. The Bertz CT molecular complexity index is 579. The molecular formula is C13H15N3O2. The van der Waals surface area contributed by atoms with E-state index in [0.29, 0.717) is 12.2 Å². The van der Waals surface area contributed by atoms with E-state index in [0.717, 1.165) is 5.56 Å². The predicted octanol–water partition coefficient (Wildman–Crippen LogP) is 1.68. The van der Waals surface area contributed by atoms with Crippen LogP contribution in [0.2, 0.25) is 0 Å². The molecule has 0 bridgehead atoms. The van der Waals surface area contributed by atoms with Crippen LogP contribution in [0.15, 0.2) is 16.7 Å². The van der Waals surface area contributed by atoms with Crippen LogP contribution in [-0.4, -0.2) is 16.0 Å². The lowest BCUT2D eigenvalue weighted by atomic mass is 9.97. The third-order valence-corrected chi connectivity index (χ3v) is 2.85. The highest BCUT2D eigenvalue weighted by Crippen LogP contribution is 2.18. The summed E-state index contributed by atoms with van der Waals surface area (Å²) in [5.41, 5.74) is 9.79. The molecule has 2 aromatic rings. The Morgan fingerprint density at radius 3 is 2.39 bits per heavy atom. The van der Waals surface area contributed by atoms with Gasteiger partial charge in [-0.05, 0) is 37.5 Å². The molecule has 1 aromatic carbocycles. The minimum Gasteiger partial charge on any atom is -0.361 e. The van der Waals surface area contributed by atoms with E-state index in [1.807, 2.05) is 13.8 Å². The summed E-state index contributed by atoms with van der Waals surface area (Å²) < 4.78 is 4.77. The fourth-order valence-corrected chi connectivity index (χ4v) is 2.07. The van der Waals surface area contributed by atoms with Crippen LogP contribution in [0.1, 0.15) is 38.8 Å². The van der Waals surface area contributed by atoms with Gasteiger partial charge in [-0.1, -0.05) is 22.9 Å². The molecule has 0 fully saturated rings. The maximum atomic E-state index is 10.9. The van der Waals surface area contributed by atoms with Crippen LogP contribution in [0.3, 0.4) is 0 Å². The Hall–Kier alpha value is -2.17. The van der Waals surface area contributed by atoms with Gasteiger partial charge in [0, 0.05) is 6.42 Å². The van der Waals surface area contributed by atoms with E-state index in [1.165, 1.54) is 16.7 Å². The molecule has 0 spiro atoms. The summed E-state index contributed by atoms with van der Waals surface area (Å²) in [6.07, 6.45) is 0.536. The summed E-state index contributed by atoms with van der Waals surface area (Å²) in [6, 6.07) is 4.22. The topological polar surface area (TPSA) is 82.0 Å². The summed E-state index contributed by atoms with van der Waals surface area (Å²) in [7, 11) is 0. The summed E-state index contributed by atoms with van der Waals surface area (Å²) in [6.45, 7) is 6.15. The second-order valence-electron chi connectivity index (χ2n) is 4.43. The van der Waals surface area contributed by atoms with Gasteiger partial charge in [0.1, 0.15) is 0 Å². The highest BCUT2D eigenvalue weighted by molar-refractivity contribution is 5.87. The van der Waals surface area contributed by atoms with E-state index in [-0.39, 0.29) is 5.89 Å². The van der Waals surface area contributed by atoms with Crippen LogP contribution >= 0.6 is 0 Å². The van der Waals surface area contributed by atoms with Crippen molar-refractivity contribution >= 4 is 5.91 Å². The summed E-state index contributed by atoms with van der Waals surface area (Å²) >= 11 is 0. The molecule has 1 amide bonds. The van der Waals surface area contributed by atoms with Crippen molar-refractivity contribution in [1.82, 2.24) is 10.1 Å². The van der Waals surface area contributed by atoms with Gasteiger partial charge in [0.05, 0.1) is 0 Å². The second kappa shape index (κ2) is 4.60. The first kappa shape index (κ1) is 12.3. The minimum absolute atomic E-state index is 0.146. The molecule has 18 heavy (non-hydrogen) atoms. The Morgan fingerprint density at radius 1 is 1.28 bits per heavy atom. The number of nitrogens with two attached hydrogens (primary N) is 1. The van der Waals surface area contributed by atoms with Gasteiger partial charge in [0.25, 0.3) is 0 Å². The van der Waals surface area contributed by atoms with Crippen LogP contribution in [0.4, 0.5) is 0 Å². The van der Waals surface area contributed by atoms with Crippen LogP contribution in [-0.2, 0) is 6.42 Å². The zero-order valence-electron chi connectivity index (χ0n) is 10.7. The maximum absolute atomic E-state index is 10.9. The van der Waals surface area contributed by atoms with Gasteiger partial charge in [-0.3, -0.25) is 4.79 Å². The average Bonchev–Trinajstić information content (AvgIpc) is 2.71. The number of nitrogens with zero attached hydrogens (tertiary/aromatic N) is 2. The number of carbonyl (C=O) groups excluding carboxylic acids is 1. The number of hydrogen-bond donors (Lipinski definition) is 1. The van der Waals surface area contributed by atoms with Gasteiger partial charge in [0.15, 0.2) is 5.82 Å². The molecule has 2 N–H and O–H groups in total. The lowest BCUT2D eigenvalue weighted by Gasteiger charge is -2.08. The van der Waals surface area contributed by atoms with Gasteiger partial charge < -0.3 is 10.3 Å². The van der Waals surface area contributed by atoms with Crippen molar-refractivity contribution in [3.8, 4) is 0 Å². The number of aryl methyl sites for hydroxylation is 3. The first-order chi connectivity index (χ1) is 8.47. The van der Waals surface area contributed by atoms with Gasteiger partial charge in [-0.15, -0.1) is 0 Å². The van der Waals surface area contributed by atoms with Crippen molar-refractivity contribution < 1.29 is 9.32 Å². The molecular weight excluding hydrogens is 230 g/mol. The Kier molecular flexibility index (Phi) is 3.14. The molecule has 1 aromatic heterocycles. The maximum Gasteiger partial charge on any atom is 0.315 e. The van der Waals surface area contributed by atoms with E-state index in [1.54, 1.807) is 0 Å². The van der Waals surface area contributed by atoms with Gasteiger partial charge in [-0.2, -0.15) is 4.98 Å². The second-order valence-corrected chi connectivity index (χ2v) is 4.43. The van der Waals surface area contributed by atoms with Crippen molar-refractivity contribution in [2.75, 3.05) is 0 Å². The summed E-state index contributed by atoms with van der Waals surface area (Å²) in [5, 5.41) is 3.75. The fourth-order valence-electron chi connectivity index (χ4n) is 2.07. The number of primary amides is 1. The van der Waals surface area contributed by atoms with E-state index in [2.05, 4.69) is 29.2 Å². The molecule has 2 rings (SSSR count). The molecule has 94 valence electrons. The van der Waals surface area contributed by atoms with Crippen LogP contribution in [0.25, 0.3) is 0 Å². The van der Waals surface area contributed by atoms with Crippen molar-refractivity contribution in [2.24, 2.45) is 5.73 Å². The van der Waals surface area contributed by atoms with E-state index in [4.69, 9.17) is 10.3 Å². The number of hydrogen-bond acceptors (Lipinski definition) is 4. The minimum atomic E-state index is -0.703. The number of amides is 1. The highest BCUT2D eigenvalue weighted by Gasteiger charge is 2.13. The lowest BCUT2D eigenvalue weighted by Crippen LogP contribution is -2.11. The zero-order chi connectivity index (χ0) is 13.3. The van der Waals surface area contributed by atoms with Crippen molar-refractivity contribution in [1.29, 1.82) is 0 Å². The van der Waals surface area contributed by atoms with E-state index in [9.17, 15) is 4.79 Å². The van der Waals surface area contributed by atoms with Crippen LogP contribution in [0, 0.1) is 20.8 Å². The Balaban J connectivity index is 2.31. The molecule has 5 heteroatoms. The fraction of sp³-hybridized carbons (Fsp3) is 0.308. The Morgan fingerprint density at radius 2 is 1.89 bits per heavy atom. The van der Waals surface area contributed by atoms with Gasteiger partial charge >= 0.3 is 11.8 Å². The number of rotatable bonds is 3. The molecule has 0 saturated heterocycles. The lowest BCUT2D eigenvalue weighted by molar-refractivity contribution is 0.0958. The molecule has 0 unspecified atom stereocenters. The van der Waals surface area contributed by atoms with Gasteiger partial charge in [0.2, 0.25) is 0 Å². The Labute approximate surface area is 105 Å². The number of aromatic nitrogens is 2. The normalized spacial score (nSPS) is 10.6. The number of carbonyl (C=O) groups is 1. The molecule has 0 saturated carbocycles. The monoisotopic (exact) mass is 245 g/mol. The zero-order valence-corrected chi connectivity index (χ0v) is 10.7. The molecule has 0 radical (unpaired) electrons. The molecule has 0 atom stereocenters. The van der Waals surface area contributed by atoms with Crippen LogP contribution in [0.5, 0.6) is 0 Å². The van der Waals surface area contributed by atoms with Crippen molar-refractivity contribution in [2.45, 2.75) is 27.2 Å². The first-order valence-corrected chi connectivity index (χ1v) is 5.66.